The van der Waals surface area contributed by atoms with Crippen LogP contribution in [0.4, 0.5) is 0 Å². The fourth-order valence-corrected chi connectivity index (χ4v) is 3.52. The van der Waals surface area contributed by atoms with Crippen LogP contribution >= 0.6 is 0 Å². The highest BCUT2D eigenvalue weighted by molar-refractivity contribution is 5.96. The molecule has 3 rings (SSSR count). The molecule has 0 radical (unpaired) electrons. The SMILES string of the molecule is CCCn1nc(C)c(C(=O)N2CCC[C@@H](c3cnccn3)C2)c1C. The summed E-state index contributed by atoms with van der Waals surface area (Å²) in [5.74, 6) is 0.364. The van der Waals surface area contributed by atoms with Crippen molar-refractivity contribution < 1.29 is 4.79 Å². The number of aromatic nitrogens is 4. The molecule has 0 bridgehead atoms. The second-order valence-electron chi connectivity index (χ2n) is 6.49. The average Bonchev–Trinajstić information content (AvgIpc) is 2.89. The number of piperidine rings is 1. The van der Waals surface area contributed by atoms with E-state index in [-0.39, 0.29) is 11.8 Å². The number of hydrogen-bond donors (Lipinski definition) is 0. The maximum absolute atomic E-state index is 13.1. The second kappa shape index (κ2) is 7.11. The number of amides is 1. The van der Waals surface area contributed by atoms with Gasteiger partial charge in [-0.1, -0.05) is 6.92 Å². The quantitative estimate of drug-likeness (QED) is 0.866. The van der Waals surface area contributed by atoms with Crippen LogP contribution in [0.15, 0.2) is 18.6 Å². The Morgan fingerprint density at radius 1 is 1.33 bits per heavy atom. The Hall–Kier alpha value is -2.24. The molecule has 0 aliphatic carbocycles. The normalized spacial score (nSPS) is 18.0. The molecule has 2 aromatic rings. The predicted octanol–water partition coefficient (Wildman–Crippen LogP) is 2.72. The van der Waals surface area contributed by atoms with E-state index in [4.69, 9.17) is 0 Å². The van der Waals surface area contributed by atoms with Gasteiger partial charge in [-0.15, -0.1) is 0 Å². The third kappa shape index (κ3) is 3.18. The van der Waals surface area contributed by atoms with Gasteiger partial charge in [0.2, 0.25) is 0 Å². The van der Waals surface area contributed by atoms with Crippen LogP contribution in [0.5, 0.6) is 0 Å². The fourth-order valence-electron chi connectivity index (χ4n) is 3.52. The van der Waals surface area contributed by atoms with E-state index in [0.717, 1.165) is 55.0 Å². The van der Waals surface area contributed by atoms with Gasteiger partial charge in [-0.25, -0.2) is 0 Å². The van der Waals surface area contributed by atoms with Crippen LogP contribution in [-0.4, -0.2) is 43.6 Å². The van der Waals surface area contributed by atoms with Crippen LogP contribution in [-0.2, 0) is 6.54 Å². The minimum absolute atomic E-state index is 0.0981. The number of nitrogens with zero attached hydrogens (tertiary/aromatic N) is 5. The number of hydrogen-bond acceptors (Lipinski definition) is 4. The van der Waals surface area contributed by atoms with Crippen LogP contribution in [0, 0.1) is 13.8 Å². The van der Waals surface area contributed by atoms with Gasteiger partial charge in [0.1, 0.15) is 0 Å². The van der Waals surface area contributed by atoms with Crippen molar-refractivity contribution in [2.45, 2.75) is 52.5 Å². The summed E-state index contributed by atoms with van der Waals surface area (Å²) >= 11 is 0. The van der Waals surface area contributed by atoms with Crippen LogP contribution in [0.3, 0.4) is 0 Å². The van der Waals surface area contributed by atoms with E-state index in [1.54, 1.807) is 12.4 Å². The summed E-state index contributed by atoms with van der Waals surface area (Å²) in [4.78, 5) is 23.6. The molecule has 24 heavy (non-hydrogen) atoms. The van der Waals surface area contributed by atoms with Crippen molar-refractivity contribution in [1.29, 1.82) is 0 Å². The molecule has 0 saturated carbocycles. The molecule has 0 spiro atoms. The van der Waals surface area contributed by atoms with Crippen LogP contribution in [0.25, 0.3) is 0 Å². The van der Waals surface area contributed by atoms with Gasteiger partial charge < -0.3 is 4.90 Å². The van der Waals surface area contributed by atoms with Crippen molar-refractivity contribution in [3.63, 3.8) is 0 Å². The molecule has 2 aromatic heterocycles. The maximum Gasteiger partial charge on any atom is 0.257 e. The maximum atomic E-state index is 13.1. The zero-order valence-electron chi connectivity index (χ0n) is 14.7. The minimum atomic E-state index is 0.0981. The molecular formula is C18H25N5O. The van der Waals surface area contributed by atoms with Gasteiger partial charge in [-0.3, -0.25) is 19.4 Å². The summed E-state index contributed by atoms with van der Waals surface area (Å²) in [5, 5.41) is 4.54. The molecule has 1 aliphatic heterocycles. The smallest absolute Gasteiger partial charge is 0.257 e. The topological polar surface area (TPSA) is 63.9 Å². The van der Waals surface area contributed by atoms with Crippen molar-refractivity contribution in [1.82, 2.24) is 24.6 Å². The number of likely N-dealkylation sites (tertiary alicyclic amines) is 1. The van der Waals surface area contributed by atoms with Crippen molar-refractivity contribution in [2.24, 2.45) is 0 Å². The molecule has 6 nitrogen and oxygen atoms in total. The number of carbonyl (C=O) groups excluding carboxylic acids is 1. The van der Waals surface area contributed by atoms with Gasteiger partial charge >= 0.3 is 0 Å². The Morgan fingerprint density at radius 3 is 2.88 bits per heavy atom. The molecule has 1 aliphatic rings. The van der Waals surface area contributed by atoms with Crippen molar-refractivity contribution in [3.05, 3.63) is 41.2 Å². The van der Waals surface area contributed by atoms with E-state index < -0.39 is 0 Å². The zero-order chi connectivity index (χ0) is 17.1. The Morgan fingerprint density at radius 2 is 2.17 bits per heavy atom. The van der Waals surface area contributed by atoms with E-state index in [1.807, 2.05) is 29.6 Å². The number of aryl methyl sites for hydroxylation is 2. The molecule has 6 heteroatoms. The van der Waals surface area contributed by atoms with Crippen LogP contribution in [0.2, 0.25) is 0 Å². The summed E-state index contributed by atoms with van der Waals surface area (Å²) < 4.78 is 1.95. The van der Waals surface area contributed by atoms with Crippen molar-refractivity contribution >= 4 is 5.91 Å². The molecule has 0 aromatic carbocycles. The zero-order valence-corrected chi connectivity index (χ0v) is 14.7. The molecule has 1 atom stereocenters. The van der Waals surface area contributed by atoms with Crippen LogP contribution in [0.1, 0.15) is 59.5 Å². The lowest BCUT2D eigenvalue weighted by Gasteiger charge is -2.32. The average molecular weight is 327 g/mol. The van der Waals surface area contributed by atoms with E-state index in [2.05, 4.69) is 22.0 Å². The highest BCUT2D eigenvalue weighted by Crippen LogP contribution is 2.27. The molecule has 1 saturated heterocycles. The largest absolute Gasteiger partial charge is 0.338 e. The summed E-state index contributed by atoms with van der Waals surface area (Å²) in [6, 6.07) is 0. The lowest BCUT2D eigenvalue weighted by Crippen LogP contribution is -2.39. The van der Waals surface area contributed by atoms with Gasteiger partial charge in [0, 0.05) is 49.8 Å². The summed E-state index contributed by atoms with van der Waals surface area (Å²) in [5.41, 5.74) is 3.54. The van der Waals surface area contributed by atoms with Gasteiger partial charge in [0.05, 0.1) is 17.0 Å². The first-order valence-electron chi connectivity index (χ1n) is 8.71. The van der Waals surface area contributed by atoms with Crippen molar-refractivity contribution in [2.75, 3.05) is 13.1 Å². The lowest BCUT2D eigenvalue weighted by atomic mass is 9.94. The highest BCUT2D eigenvalue weighted by atomic mass is 16.2. The summed E-state index contributed by atoms with van der Waals surface area (Å²) in [7, 11) is 0. The number of rotatable bonds is 4. The van der Waals surface area contributed by atoms with E-state index >= 15 is 0 Å². The second-order valence-corrected chi connectivity index (χ2v) is 6.49. The summed E-state index contributed by atoms with van der Waals surface area (Å²) in [6.45, 7) is 8.39. The molecule has 128 valence electrons. The van der Waals surface area contributed by atoms with Crippen molar-refractivity contribution in [3.8, 4) is 0 Å². The Bertz CT molecular complexity index is 710. The summed E-state index contributed by atoms with van der Waals surface area (Å²) in [6.07, 6.45) is 8.27. The molecule has 3 heterocycles. The third-order valence-corrected chi connectivity index (χ3v) is 4.74. The van der Waals surface area contributed by atoms with Gasteiger partial charge in [-0.05, 0) is 33.1 Å². The Balaban J connectivity index is 1.80. The molecule has 1 fully saturated rings. The van der Waals surface area contributed by atoms with E-state index in [9.17, 15) is 4.79 Å². The first kappa shape index (κ1) is 16.6. The predicted molar refractivity (Wildman–Crippen MR) is 91.9 cm³/mol. The molecule has 0 unspecified atom stereocenters. The van der Waals surface area contributed by atoms with Gasteiger partial charge in [0.25, 0.3) is 5.91 Å². The fraction of sp³-hybridized carbons (Fsp3) is 0.556. The van der Waals surface area contributed by atoms with Gasteiger partial charge in [0.15, 0.2) is 0 Å². The van der Waals surface area contributed by atoms with E-state index in [1.165, 1.54) is 0 Å². The third-order valence-electron chi connectivity index (χ3n) is 4.74. The standard InChI is InChI=1S/C18H25N5O/c1-4-9-23-14(3)17(13(2)21-23)18(24)22-10-5-6-15(12-22)16-11-19-7-8-20-16/h7-8,11,15H,4-6,9-10,12H2,1-3H3/t15-/m1/s1. The first-order valence-corrected chi connectivity index (χ1v) is 8.71. The Labute approximate surface area is 142 Å². The minimum Gasteiger partial charge on any atom is -0.338 e. The molecule has 0 N–H and O–H groups in total. The lowest BCUT2D eigenvalue weighted by molar-refractivity contribution is 0.0704. The number of carbonyl (C=O) groups is 1. The molecular weight excluding hydrogens is 302 g/mol. The Kier molecular flexibility index (Phi) is 4.92. The van der Waals surface area contributed by atoms with Crippen LogP contribution < -0.4 is 0 Å². The monoisotopic (exact) mass is 327 g/mol. The van der Waals surface area contributed by atoms with Gasteiger partial charge in [-0.2, -0.15) is 5.10 Å². The molecule has 1 amide bonds. The first-order chi connectivity index (χ1) is 11.6. The highest BCUT2D eigenvalue weighted by Gasteiger charge is 2.29. The van der Waals surface area contributed by atoms with E-state index in [0.29, 0.717) is 6.54 Å².